The topological polar surface area (TPSA) is 140 Å². The van der Waals surface area contributed by atoms with Gasteiger partial charge < -0.3 is 15.8 Å². The predicted molar refractivity (Wildman–Crippen MR) is 170 cm³/mol. The van der Waals surface area contributed by atoms with Gasteiger partial charge in [0.25, 0.3) is 0 Å². The van der Waals surface area contributed by atoms with E-state index in [1.807, 2.05) is 98.8 Å². The summed E-state index contributed by atoms with van der Waals surface area (Å²) in [5.41, 5.74) is 5.83. The van der Waals surface area contributed by atoms with Crippen molar-refractivity contribution >= 4 is 35.2 Å². The van der Waals surface area contributed by atoms with E-state index in [4.69, 9.17) is 0 Å². The maximum absolute atomic E-state index is 13.7. The van der Waals surface area contributed by atoms with Crippen LogP contribution < -0.4 is 16.1 Å². The number of nitrogens with zero attached hydrogens (tertiary/aromatic N) is 1. The predicted octanol–water partition coefficient (Wildman–Crippen LogP) is 4.52. The molecule has 0 aliphatic rings. The molecule has 10 heteroatoms. The van der Waals surface area contributed by atoms with E-state index in [2.05, 4.69) is 15.8 Å². The fourth-order valence-electron chi connectivity index (χ4n) is 4.87. The van der Waals surface area contributed by atoms with Crippen LogP contribution in [0.4, 0.5) is 0 Å². The molecule has 0 spiro atoms. The first-order chi connectivity index (χ1) is 20.8. The van der Waals surface area contributed by atoms with Gasteiger partial charge in [-0.2, -0.15) is 11.8 Å². The molecule has 3 atom stereocenters. The number of thioether (sulfide) groups is 1. The lowest BCUT2D eigenvalue weighted by Gasteiger charge is -2.28. The number of oxime groups is 1. The van der Waals surface area contributed by atoms with Crippen molar-refractivity contribution in [3.05, 3.63) is 96.1 Å². The molecule has 0 unspecified atom stereocenters. The van der Waals surface area contributed by atoms with Crippen LogP contribution in [0.3, 0.4) is 0 Å². The highest BCUT2D eigenvalue weighted by Gasteiger charge is 2.36. The summed E-state index contributed by atoms with van der Waals surface area (Å²) in [4.78, 5) is 39.2. The number of rotatable bonds is 15. The smallest absolute Gasteiger partial charge is 0.248 e. The molecule has 228 valence electrons. The molecule has 43 heavy (non-hydrogen) atoms. The average molecular weight is 605 g/mol. The van der Waals surface area contributed by atoms with Crippen LogP contribution in [-0.4, -0.2) is 58.4 Å². The van der Waals surface area contributed by atoms with Gasteiger partial charge in [-0.1, -0.05) is 104 Å². The molecule has 0 saturated carbocycles. The van der Waals surface area contributed by atoms with Crippen molar-refractivity contribution in [2.45, 2.75) is 32.7 Å². The molecule has 3 amide bonds. The van der Waals surface area contributed by atoms with E-state index in [1.54, 1.807) is 5.48 Å². The number of carbonyl (C=O) groups excluding carboxylic acids is 3. The molecule has 0 aromatic heterocycles. The van der Waals surface area contributed by atoms with Crippen molar-refractivity contribution in [1.29, 1.82) is 0 Å². The summed E-state index contributed by atoms with van der Waals surface area (Å²) in [5.74, 6) is -2.71. The zero-order chi connectivity index (χ0) is 31.2. The summed E-state index contributed by atoms with van der Waals surface area (Å²) in [5, 5.41) is 28.2. The van der Waals surface area contributed by atoms with E-state index >= 15 is 0 Å². The van der Waals surface area contributed by atoms with Gasteiger partial charge in [-0.15, -0.1) is 0 Å². The maximum Gasteiger partial charge on any atom is 0.248 e. The molecule has 3 aromatic carbocycles. The standard InChI is InChI=1S/C33H40N4O5S/c1-22(2)18-27(31(38)35-29(33(40)34-3)19-23-10-6-4-7-11-23)28(32(39)37-42)20-43-21-30(36-41)26-16-14-25(15-17-26)24-12-8-5-9-13-24/h4-17,22,27-29,41-42H,18-21H2,1-3H3,(H,34,40)(H,35,38)(H,37,39)/b36-30-/t27-,28+,29+/m1/s1. The minimum absolute atomic E-state index is 0.0556. The van der Waals surface area contributed by atoms with Gasteiger partial charge in [-0.05, 0) is 29.0 Å². The first-order valence-corrected chi connectivity index (χ1v) is 15.4. The fourth-order valence-corrected chi connectivity index (χ4v) is 6.04. The first-order valence-electron chi connectivity index (χ1n) is 14.2. The van der Waals surface area contributed by atoms with Gasteiger partial charge in [0.05, 0.1) is 17.5 Å². The highest BCUT2D eigenvalue weighted by Crippen LogP contribution is 2.27. The Morgan fingerprint density at radius 1 is 0.814 bits per heavy atom. The Hall–Kier alpha value is -4.15. The molecule has 3 aromatic rings. The second-order valence-corrected chi connectivity index (χ2v) is 11.7. The van der Waals surface area contributed by atoms with Crippen molar-refractivity contribution in [3.63, 3.8) is 0 Å². The Morgan fingerprint density at radius 2 is 1.42 bits per heavy atom. The molecule has 9 nitrogen and oxygen atoms in total. The normalized spacial score (nSPS) is 13.6. The number of benzene rings is 3. The largest absolute Gasteiger partial charge is 0.411 e. The Labute approximate surface area is 257 Å². The molecular formula is C33H40N4O5S. The van der Waals surface area contributed by atoms with Crippen molar-refractivity contribution in [2.24, 2.45) is 22.9 Å². The number of likely N-dealkylation sites (N-methyl/N-ethyl adjacent to an activating group) is 1. The van der Waals surface area contributed by atoms with Gasteiger partial charge in [0, 0.05) is 30.5 Å². The van der Waals surface area contributed by atoms with Crippen LogP contribution in [-0.2, 0) is 20.8 Å². The minimum Gasteiger partial charge on any atom is -0.411 e. The monoisotopic (exact) mass is 604 g/mol. The van der Waals surface area contributed by atoms with Gasteiger partial charge in [0.2, 0.25) is 17.7 Å². The Kier molecular flexibility index (Phi) is 13.3. The maximum atomic E-state index is 13.7. The number of hydrogen-bond acceptors (Lipinski definition) is 7. The summed E-state index contributed by atoms with van der Waals surface area (Å²) in [6.07, 6.45) is 0.643. The van der Waals surface area contributed by atoms with Gasteiger partial charge in [-0.3, -0.25) is 19.6 Å². The van der Waals surface area contributed by atoms with E-state index in [0.717, 1.165) is 22.3 Å². The lowest BCUT2D eigenvalue weighted by Crippen LogP contribution is -2.51. The van der Waals surface area contributed by atoms with Crippen LogP contribution in [0, 0.1) is 17.8 Å². The lowest BCUT2D eigenvalue weighted by molar-refractivity contribution is -0.140. The minimum atomic E-state index is -0.903. The van der Waals surface area contributed by atoms with E-state index in [-0.39, 0.29) is 29.8 Å². The third-order valence-electron chi connectivity index (χ3n) is 7.14. The molecule has 0 heterocycles. The molecule has 0 aliphatic heterocycles. The van der Waals surface area contributed by atoms with E-state index in [1.165, 1.54) is 18.8 Å². The molecule has 0 radical (unpaired) electrons. The third-order valence-corrected chi connectivity index (χ3v) is 8.21. The van der Waals surface area contributed by atoms with Crippen LogP contribution >= 0.6 is 11.8 Å². The summed E-state index contributed by atoms with van der Waals surface area (Å²) < 4.78 is 0. The van der Waals surface area contributed by atoms with Crippen LogP contribution in [0.5, 0.6) is 0 Å². The van der Waals surface area contributed by atoms with Crippen LogP contribution in [0.1, 0.15) is 31.4 Å². The van der Waals surface area contributed by atoms with E-state index < -0.39 is 29.7 Å². The SMILES string of the molecule is CNC(=O)[C@H](Cc1ccccc1)NC(=O)[C@H](CC(C)C)[C@H](CSC/C(=N/O)c1ccc(-c2ccccc2)cc1)C(=O)NO. The highest BCUT2D eigenvalue weighted by atomic mass is 32.2. The summed E-state index contributed by atoms with van der Waals surface area (Å²) in [6.45, 7) is 3.88. The molecule has 0 fully saturated rings. The molecular weight excluding hydrogens is 564 g/mol. The van der Waals surface area contributed by atoms with Gasteiger partial charge in [-0.25, -0.2) is 5.48 Å². The van der Waals surface area contributed by atoms with Crippen LogP contribution in [0.25, 0.3) is 11.1 Å². The second kappa shape index (κ2) is 17.1. The third kappa shape index (κ3) is 9.97. The van der Waals surface area contributed by atoms with Gasteiger partial charge in [0.1, 0.15) is 6.04 Å². The lowest BCUT2D eigenvalue weighted by atomic mass is 9.84. The molecule has 5 N–H and O–H groups in total. The molecule has 3 rings (SSSR count). The number of nitrogens with one attached hydrogen (secondary N) is 3. The fraction of sp³-hybridized carbons (Fsp3) is 0.333. The molecule has 0 saturated heterocycles. The van der Waals surface area contributed by atoms with E-state index in [0.29, 0.717) is 12.1 Å². The zero-order valence-electron chi connectivity index (χ0n) is 24.7. The van der Waals surface area contributed by atoms with Gasteiger partial charge >= 0.3 is 0 Å². The van der Waals surface area contributed by atoms with Crippen molar-refractivity contribution in [2.75, 3.05) is 18.6 Å². The Bertz CT molecular complexity index is 1350. The number of amides is 3. The summed E-state index contributed by atoms with van der Waals surface area (Å²) in [6, 6.07) is 26.1. The number of carbonyl (C=O) groups is 3. The summed E-state index contributed by atoms with van der Waals surface area (Å²) in [7, 11) is 1.51. The van der Waals surface area contributed by atoms with Gasteiger partial charge in [0.15, 0.2) is 0 Å². The van der Waals surface area contributed by atoms with Crippen LogP contribution in [0.2, 0.25) is 0 Å². The first kappa shape index (κ1) is 33.4. The Balaban J connectivity index is 1.73. The molecule has 0 bridgehead atoms. The van der Waals surface area contributed by atoms with E-state index in [9.17, 15) is 24.8 Å². The van der Waals surface area contributed by atoms with Crippen LogP contribution in [0.15, 0.2) is 90.1 Å². The zero-order valence-corrected chi connectivity index (χ0v) is 25.5. The quantitative estimate of drug-likeness (QED) is 0.0748. The molecule has 0 aliphatic carbocycles. The summed E-state index contributed by atoms with van der Waals surface area (Å²) >= 11 is 1.32. The Morgan fingerprint density at radius 3 is 1.98 bits per heavy atom. The van der Waals surface area contributed by atoms with Crippen molar-refractivity contribution < 1.29 is 24.8 Å². The van der Waals surface area contributed by atoms with Crippen molar-refractivity contribution in [3.8, 4) is 11.1 Å². The highest BCUT2D eigenvalue weighted by molar-refractivity contribution is 8.00. The second-order valence-electron chi connectivity index (χ2n) is 10.7. The van der Waals surface area contributed by atoms with Crippen molar-refractivity contribution in [1.82, 2.24) is 16.1 Å². The number of hydrogen-bond donors (Lipinski definition) is 5. The number of hydroxylamine groups is 1. The average Bonchev–Trinajstić information content (AvgIpc) is 3.04.